The lowest BCUT2D eigenvalue weighted by atomic mass is 10.2. The van der Waals surface area contributed by atoms with Crippen molar-refractivity contribution in [3.05, 3.63) is 29.6 Å². The normalized spacial score (nSPS) is 12.3. The summed E-state index contributed by atoms with van der Waals surface area (Å²) in [4.78, 5) is 30.3. The number of nitrogens with one attached hydrogen (secondary N) is 2. The topological polar surface area (TPSA) is 101 Å². The van der Waals surface area contributed by atoms with E-state index < -0.39 is 5.91 Å². The van der Waals surface area contributed by atoms with E-state index in [1.165, 1.54) is 0 Å². The van der Waals surface area contributed by atoms with Gasteiger partial charge in [-0.1, -0.05) is 13.0 Å². The standard InChI is InChI=1S/C15H20N4O2/c1-3-10(17-14(21)7-6-13(16)20)15-18-11-5-4-9(2)8-12(11)19-15/h4-5,8,10H,3,6-7H2,1-2H3,(H2,16,20)(H,17,21)(H,18,19). The molecule has 0 saturated heterocycles. The Morgan fingerprint density at radius 2 is 2.14 bits per heavy atom. The summed E-state index contributed by atoms with van der Waals surface area (Å²) in [6.07, 6.45) is 0.869. The maximum absolute atomic E-state index is 11.8. The van der Waals surface area contributed by atoms with Gasteiger partial charge in [0.05, 0.1) is 17.1 Å². The fraction of sp³-hybridized carbons (Fsp3) is 0.400. The Bertz CT molecular complexity index is 663. The average molecular weight is 288 g/mol. The lowest BCUT2D eigenvalue weighted by molar-refractivity contribution is -0.125. The number of hydrogen-bond acceptors (Lipinski definition) is 3. The van der Waals surface area contributed by atoms with Crippen molar-refractivity contribution in [1.82, 2.24) is 15.3 Å². The molecule has 112 valence electrons. The molecular weight excluding hydrogens is 268 g/mol. The molecule has 0 fully saturated rings. The van der Waals surface area contributed by atoms with Crippen LogP contribution in [0.3, 0.4) is 0 Å². The lowest BCUT2D eigenvalue weighted by Gasteiger charge is -2.14. The highest BCUT2D eigenvalue weighted by atomic mass is 16.2. The van der Waals surface area contributed by atoms with E-state index in [4.69, 9.17) is 5.73 Å². The molecule has 0 aliphatic heterocycles. The second-order valence-corrected chi connectivity index (χ2v) is 5.14. The van der Waals surface area contributed by atoms with E-state index in [9.17, 15) is 9.59 Å². The van der Waals surface area contributed by atoms with E-state index in [0.29, 0.717) is 6.42 Å². The number of aromatic nitrogens is 2. The van der Waals surface area contributed by atoms with Gasteiger partial charge in [0.15, 0.2) is 0 Å². The Morgan fingerprint density at radius 1 is 1.38 bits per heavy atom. The first-order chi connectivity index (χ1) is 9.99. The number of benzene rings is 1. The number of H-pyrrole nitrogens is 1. The van der Waals surface area contributed by atoms with Crippen LogP contribution in [0.5, 0.6) is 0 Å². The summed E-state index contributed by atoms with van der Waals surface area (Å²) in [6, 6.07) is 5.78. The molecule has 1 aromatic heterocycles. The van der Waals surface area contributed by atoms with Gasteiger partial charge >= 0.3 is 0 Å². The molecule has 4 N–H and O–H groups in total. The summed E-state index contributed by atoms with van der Waals surface area (Å²) >= 11 is 0. The van der Waals surface area contributed by atoms with Crippen LogP contribution in [0.2, 0.25) is 0 Å². The fourth-order valence-electron chi connectivity index (χ4n) is 2.18. The van der Waals surface area contributed by atoms with Gasteiger partial charge in [-0.25, -0.2) is 4.98 Å². The molecule has 0 radical (unpaired) electrons. The largest absolute Gasteiger partial charge is 0.370 e. The molecule has 2 rings (SSSR count). The molecule has 1 unspecified atom stereocenters. The van der Waals surface area contributed by atoms with E-state index in [1.807, 2.05) is 32.0 Å². The third kappa shape index (κ3) is 3.81. The van der Waals surface area contributed by atoms with Crippen molar-refractivity contribution in [3.63, 3.8) is 0 Å². The van der Waals surface area contributed by atoms with E-state index >= 15 is 0 Å². The molecule has 0 aliphatic rings. The first-order valence-electron chi connectivity index (χ1n) is 7.03. The first-order valence-corrected chi connectivity index (χ1v) is 7.03. The minimum Gasteiger partial charge on any atom is -0.370 e. The highest BCUT2D eigenvalue weighted by molar-refractivity contribution is 5.83. The summed E-state index contributed by atoms with van der Waals surface area (Å²) in [6.45, 7) is 3.99. The zero-order valence-corrected chi connectivity index (χ0v) is 12.3. The maximum atomic E-state index is 11.8. The molecule has 0 spiro atoms. The summed E-state index contributed by atoms with van der Waals surface area (Å²) in [5, 5.41) is 2.87. The van der Waals surface area contributed by atoms with Gasteiger partial charge in [-0.2, -0.15) is 0 Å². The quantitative estimate of drug-likeness (QED) is 0.754. The van der Waals surface area contributed by atoms with Crippen LogP contribution in [0.4, 0.5) is 0 Å². The molecule has 0 aliphatic carbocycles. The van der Waals surface area contributed by atoms with Crippen LogP contribution >= 0.6 is 0 Å². The zero-order valence-electron chi connectivity index (χ0n) is 12.3. The molecule has 1 atom stereocenters. The average Bonchev–Trinajstić information content (AvgIpc) is 2.85. The van der Waals surface area contributed by atoms with Gasteiger partial charge in [-0.3, -0.25) is 9.59 Å². The Morgan fingerprint density at radius 3 is 2.81 bits per heavy atom. The molecule has 1 heterocycles. The molecule has 21 heavy (non-hydrogen) atoms. The summed E-state index contributed by atoms with van der Waals surface area (Å²) in [5.74, 6) is 0.0558. The molecule has 2 amide bonds. The monoisotopic (exact) mass is 288 g/mol. The number of rotatable bonds is 6. The predicted octanol–water partition coefficient (Wildman–Crippen LogP) is 1.70. The van der Waals surface area contributed by atoms with E-state index in [-0.39, 0.29) is 24.8 Å². The number of carbonyl (C=O) groups excluding carboxylic acids is 2. The van der Waals surface area contributed by atoms with Crippen LogP contribution in [-0.2, 0) is 9.59 Å². The van der Waals surface area contributed by atoms with Crippen LogP contribution in [0.15, 0.2) is 18.2 Å². The Kier molecular flexibility index (Phi) is 4.57. The Labute approximate surface area is 123 Å². The van der Waals surface area contributed by atoms with Crippen molar-refractivity contribution in [2.75, 3.05) is 0 Å². The van der Waals surface area contributed by atoms with Gasteiger partial charge < -0.3 is 16.0 Å². The molecule has 1 aromatic carbocycles. The number of nitrogens with zero attached hydrogens (tertiary/aromatic N) is 1. The van der Waals surface area contributed by atoms with Gasteiger partial charge in [0.25, 0.3) is 0 Å². The lowest BCUT2D eigenvalue weighted by Crippen LogP contribution is -2.29. The number of aromatic amines is 1. The summed E-state index contributed by atoms with van der Waals surface area (Å²) in [5.41, 5.74) is 8.02. The number of hydrogen-bond donors (Lipinski definition) is 3. The smallest absolute Gasteiger partial charge is 0.221 e. The molecule has 0 saturated carbocycles. The van der Waals surface area contributed by atoms with Crippen LogP contribution < -0.4 is 11.1 Å². The van der Waals surface area contributed by atoms with E-state index in [1.54, 1.807) is 0 Å². The van der Waals surface area contributed by atoms with Crippen molar-refractivity contribution in [1.29, 1.82) is 0 Å². The van der Waals surface area contributed by atoms with Crippen molar-refractivity contribution in [3.8, 4) is 0 Å². The second-order valence-electron chi connectivity index (χ2n) is 5.14. The van der Waals surface area contributed by atoms with Crippen molar-refractivity contribution in [2.24, 2.45) is 5.73 Å². The third-order valence-corrected chi connectivity index (χ3v) is 3.33. The van der Waals surface area contributed by atoms with Gasteiger partial charge in [0.1, 0.15) is 5.82 Å². The van der Waals surface area contributed by atoms with Crippen LogP contribution in [-0.4, -0.2) is 21.8 Å². The van der Waals surface area contributed by atoms with Gasteiger partial charge in [-0.05, 0) is 31.0 Å². The SMILES string of the molecule is CCC(NC(=O)CCC(N)=O)c1nc2ccc(C)cc2[nH]1. The van der Waals surface area contributed by atoms with Crippen molar-refractivity contribution >= 4 is 22.8 Å². The number of amides is 2. The summed E-state index contributed by atoms with van der Waals surface area (Å²) in [7, 11) is 0. The zero-order chi connectivity index (χ0) is 15.4. The van der Waals surface area contributed by atoms with Gasteiger partial charge in [0, 0.05) is 12.8 Å². The highest BCUT2D eigenvalue weighted by Crippen LogP contribution is 2.19. The number of imidazole rings is 1. The minimum atomic E-state index is -0.475. The number of nitrogens with two attached hydrogens (primary N) is 1. The summed E-state index contributed by atoms with van der Waals surface area (Å²) < 4.78 is 0. The van der Waals surface area contributed by atoms with Crippen LogP contribution in [0.25, 0.3) is 11.0 Å². The number of fused-ring (bicyclic) bond motifs is 1. The highest BCUT2D eigenvalue weighted by Gasteiger charge is 2.16. The number of primary amides is 1. The molecular formula is C15H20N4O2. The Balaban J connectivity index is 2.11. The van der Waals surface area contributed by atoms with Crippen molar-refractivity contribution < 1.29 is 9.59 Å². The molecule has 0 bridgehead atoms. The fourth-order valence-corrected chi connectivity index (χ4v) is 2.18. The number of carbonyl (C=O) groups is 2. The van der Waals surface area contributed by atoms with Gasteiger partial charge in [-0.15, -0.1) is 0 Å². The maximum Gasteiger partial charge on any atom is 0.221 e. The molecule has 6 nitrogen and oxygen atoms in total. The van der Waals surface area contributed by atoms with Crippen LogP contribution in [0.1, 0.15) is 43.6 Å². The second kappa shape index (κ2) is 6.39. The number of aryl methyl sites for hydroxylation is 1. The molecule has 6 heteroatoms. The predicted molar refractivity (Wildman–Crippen MR) is 80.4 cm³/mol. The Hall–Kier alpha value is -2.37. The van der Waals surface area contributed by atoms with E-state index in [2.05, 4.69) is 15.3 Å². The molecule has 2 aromatic rings. The minimum absolute atomic E-state index is 0.0571. The third-order valence-electron chi connectivity index (χ3n) is 3.33. The van der Waals surface area contributed by atoms with Gasteiger partial charge in [0.2, 0.25) is 11.8 Å². The van der Waals surface area contributed by atoms with Crippen molar-refractivity contribution in [2.45, 2.75) is 39.2 Å². The first kappa shape index (κ1) is 15.0. The van der Waals surface area contributed by atoms with E-state index in [0.717, 1.165) is 22.4 Å². The van der Waals surface area contributed by atoms with Crippen LogP contribution in [0, 0.1) is 6.92 Å².